The fraction of sp³-hybridized carbons (Fsp3) is 0.500. The minimum atomic E-state index is -1.08. The first-order valence-corrected chi connectivity index (χ1v) is 11.4. The van der Waals surface area contributed by atoms with E-state index in [0.717, 1.165) is 5.56 Å². The number of aromatic nitrogens is 1. The van der Waals surface area contributed by atoms with Gasteiger partial charge in [0.05, 0.1) is 11.5 Å². The summed E-state index contributed by atoms with van der Waals surface area (Å²) in [6.07, 6.45) is 0.427. The number of carboxylic acid groups (broad SMARTS) is 1. The maximum Gasteiger partial charge on any atom is 0.355 e. The van der Waals surface area contributed by atoms with Gasteiger partial charge in [-0.3, -0.25) is 4.79 Å². The van der Waals surface area contributed by atoms with Gasteiger partial charge in [-0.15, -0.1) is 11.3 Å². The second-order valence-electron chi connectivity index (χ2n) is 8.83. The number of nitrogens with zero attached hydrogens (tertiary/aromatic N) is 2. The molecule has 7 nitrogen and oxygen atoms in total. The number of anilines is 1. The number of hydrogen-bond acceptors (Lipinski definition) is 6. The molecular weight excluding hydrogens is 438 g/mol. The van der Waals surface area contributed by atoms with Crippen molar-refractivity contribution in [3.8, 4) is 0 Å². The molecule has 1 aliphatic heterocycles. The smallest absolute Gasteiger partial charge is 0.355 e. The standard InChI is InChI=1S/C22H28ClN3O4S/c1-13(14(2)24-20-25-17(11-31-20)19(28)29)18(27)26-10-9-22(30,21(3,4)12-26)15-5-7-16(23)8-6-15/h5-8,11,13-14,30H,9-10,12H2,1-4H3,(H,24,25)(H,28,29)/t13-,14?,22+/m1/s1. The number of nitrogens with one attached hydrogen (secondary N) is 1. The molecule has 1 saturated heterocycles. The molecule has 3 rings (SSSR count). The Labute approximate surface area is 191 Å². The summed E-state index contributed by atoms with van der Waals surface area (Å²) in [5, 5.41) is 26.2. The van der Waals surface area contributed by atoms with Gasteiger partial charge in [0.1, 0.15) is 0 Å². The Morgan fingerprint density at radius 3 is 2.45 bits per heavy atom. The van der Waals surface area contributed by atoms with E-state index < -0.39 is 17.0 Å². The highest BCUT2D eigenvalue weighted by Gasteiger charge is 2.50. The highest BCUT2D eigenvalue weighted by molar-refractivity contribution is 7.13. The van der Waals surface area contributed by atoms with Crippen molar-refractivity contribution in [1.82, 2.24) is 9.88 Å². The number of aliphatic hydroxyl groups is 1. The van der Waals surface area contributed by atoms with Gasteiger partial charge in [-0.2, -0.15) is 0 Å². The van der Waals surface area contributed by atoms with Gasteiger partial charge in [0.2, 0.25) is 5.91 Å². The first-order valence-electron chi connectivity index (χ1n) is 10.2. The van der Waals surface area contributed by atoms with Crippen LogP contribution in [0.3, 0.4) is 0 Å². The molecule has 168 valence electrons. The molecule has 1 unspecified atom stereocenters. The Bertz CT molecular complexity index is 962. The highest BCUT2D eigenvalue weighted by atomic mass is 35.5. The lowest BCUT2D eigenvalue weighted by molar-refractivity contribution is -0.156. The first-order chi connectivity index (χ1) is 14.4. The molecule has 0 saturated carbocycles. The van der Waals surface area contributed by atoms with Crippen LogP contribution in [-0.4, -0.2) is 51.1 Å². The Morgan fingerprint density at radius 1 is 1.26 bits per heavy atom. The Hall–Kier alpha value is -2.16. The largest absolute Gasteiger partial charge is 0.476 e. The number of benzene rings is 1. The Kier molecular flexibility index (Phi) is 6.64. The fourth-order valence-electron chi connectivity index (χ4n) is 4.03. The van der Waals surface area contributed by atoms with Crippen LogP contribution in [0.1, 0.15) is 50.2 Å². The van der Waals surface area contributed by atoms with E-state index in [0.29, 0.717) is 29.7 Å². The van der Waals surface area contributed by atoms with Gasteiger partial charge >= 0.3 is 5.97 Å². The van der Waals surface area contributed by atoms with Crippen LogP contribution in [0.5, 0.6) is 0 Å². The molecule has 9 heteroatoms. The molecule has 0 radical (unpaired) electrons. The number of hydrogen-bond donors (Lipinski definition) is 3. The topological polar surface area (TPSA) is 103 Å². The Morgan fingerprint density at radius 2 is 1.90 bits per heavy atom. The maximum atomic E-state index is 13.2. The number of likely N-dealkylation sites (tertiary alicyclic amines) is 1. The second-order valence-corrected chi connectivity index (χ2v) is 10.1. The zero-order valence-electron chi connectivity index (χ0n) is 18.1. The predicted molar refractivity (Wildman–Crippen MR) is 122 cm³/mol. The molecule has 1 amide bonds. The molecule has 3 N–H and O–H groups in total. The average Bonchev–Trinajstić information content (AvgIpc) is 3.18. The molecule has 2 aromatic rings. The van der Waals surface area contributed by atoms with Crippen molar-refractivity contribution in [1.29, 1.82) is 0 Å². The van der Waals surface area contributed by atoms with Gasteiger partial charge in [-0.1, -0.05) is 44.5 Å². The van der Waals surface area contributed by atoms with Crippen LogP contribution in [0.2, 0.25) is 5.02 Å². The van der Waals surface area contributed by atoms with Gasteiger partial charge < -0.3 is 20.4 Å². The van der Waals surface area contributed by atoms with Crippen LogP contribution in [0, 0.1) is 11.3 Å². The predicted octanol–water partition coefficient (Wildman–Crippen LogP) is 4.08. The molecule has 0 aliphatic carbocycles. The maximum absolute atomic E-state index is 13.2. The van der Waals surface area contributed by atoms with Crippen molar-refractivity contribution in [3.63, 3.8) is 0 Å². The number of halogens is 1. The quantitative estimate of drug-likeness (QED) is 0.594. The summed E-state index contributed by atoms with van der Waals surface area (Å²) >= 11 is 7.20. The molecule has 1 aromatic heterocycles. The van der Waals surface area contributed by atoms with E-state index in [4.69, 9.17) is 16.7 Å². The summed E-state index contributed by atoms with van der Waals surface area (Å²) in [5.74, 6) is -1.44. The lowest BCUT2D eigenvalue weighted by Gasteiger charge is -2.51. The van der Waals surface area contributed by atoms with E-state index in [9.17, 15) is 14.7 Å². The van der Waals surface area contributed by atoms with Crippen molar-refractivity contribution in [2.24, 2.45) is 11.3 Å². The summed E-state index contributed by atoms with van der Waals surface area (Å²) in [5.41, 5.74) is -0.833. The second kappa shape index (κ2) is 8.76. The van der Waals surface area contributed by atoms with Crippen LogP contribution in [0.4, 0.5) is 5.13 Å². The SMILES string of the molecule is CC(Nc1nc(C(=O)O)cs1)[C@@H](C)C(=O)N1CC[C@](O)(c2ccc(Cl)cc2)C(C)(C)C1. The monoisotopic (exact) mass is 465 g/mol. The number of piperidine rings is 1. The molecule has 1 fully saturated rings. The number of rotatable bonds is 6. The van der Waals surface area contributed by atoms with Crippen LogP contribution < -0.4 is 5.32 Å². The summed E-state index contributed by atoms with van der Waals surface area (Å²) in [6, 6.07) is 6.99. The van der Waals surface area contributed by atoms with E-state index in [1.165, 1.54) is 16.7 Å². The highest BCUT2D eigenvalue weighted by Crippen LogP contribution is 2.46. The summed E-state index contributed by atoms with van der Waals surface area (Å²) in [4.78, 5) is 30.0. The summed E-state index contributed by atoms with van der Waals surface area (Å²) < 4.78 is 0. The molecule has 3 atom stereocenters. The number of thiazole rings is 1. The summed E-state index contributed by atoms with van der Waals surface area (Å²) in [7, 11) is 0. The number of carbonyl (C=O) groups is 2. The van der Waals surface area contributed by atoms with Crippen LogP contribution in [0.25, 0.3) is 0 Å². The zero-order chi connectivity index (χ0) is 23.0. The van der Waals surface area contributed by atoms with Crippen molar-refractivity contribution < 1.29 is 19.8 Å². The normalized spacial score (nSPS) is 22.6. The third-order valence-electron chi connectivity index (χ3n) is 6.30. The van der Waals surface area contributed by atoms with E-state index >= 15 is 0 Å². The fourth-order valence-corrected chi connectivity index (χ4v) is 4.94. The number of amides is 1. The van der Waals surface area contributed by atoms with Gasteiger partial charge in [-0.25, -0.2) is 9.78 Å². The first kappa shape index (κ1) is 23.5. The molecule has 1 aromatic carbocycles. The average molecular weight is 466 g/mol. The Balaban J connectivity index is 1.68. The molecule has 0 spiro atoms. The number of carboxylic acids is 1. The van der Waals surface area contributed by atoms with Gasteiger partial charge in [0.25, 0.3) is 0 Å². The third-order valence-corrected chi connectivity index (χ3v) is 7.32. The lowest BCUT2D eigenvalue weighted by Crippen LogP contribution is -2.58. The van der Waals surface area contributed by atoms with Crippen molar-refractivity contribution in [3.05, 3.63) is 45.9 Å². The van der Waals surface area contributed by atoms with Crippen LogP contribution in [-0.2, 0) is 10.4 Å². The van der Waals surface area contributed by atoms with Gasteiger partial charge in [0.15, 0.2) is 10.8 Å². The summed E-state index contributed by atoms with van der Waals surface area (Å²) in [6.45, 7) is 8.52. The minimum absolute atomic E-state index is 0.0127. The van der Waals surface area contributed by atoms with E-state index in [1.807, 2.05) is 39.8 Å². The number of carbonyl (C=O) groups excluding carboxylic acids is 1. The van der Waals surface area contributed by atoms with Crippen LogP contribution >= 0.6 is 22.9 Å². The lowest BCUT2D eigenvalue weighted by atomic mass is 9.66. The molecule has 31 heavy (non-hydrogen) atoms. The van der Waals surface area contributed by atoms with Gasteiger partial charge in [-0.05, 0) is 31.0 Å². The van der Waals surface area contributed by atoms with Crippen LogP contribution in [0.15, 0.2) is 29.6 Å². The van der Waals surface area contributed by atoms with Gasteiger partial charge in [0, 0.05) is 34.9 Å². The molecule has 2 heterocycles. The third kappa shape index (κ3) is 4.71. The minimum Gasteiger partial charge on any atom is -0.476 e. The van der Waals surface area contributed by atoms with E-state index in [1.54, 1.807) is 17.0 Å². The van der Waals surface area contributed by atoms with E-state index in [-0.39, 0.29) is 23.6 Å². The van der Waals surface area contributed by atoms with Crippen molar-refractivity contribution in [2.75, 3.05) is 18.4 Å². The molecule has 1 aliphatic rings. The molecular formula is C22H28ClN3O4S. The number of aromatic carboxylic acids is 1. The zero-order valence-corrected chi connectivity index (χ0v) is 19.6. The molecule has 0 bridgehead atoms. The van der Waals surface area contributed by atoms with Crippen molar-refractivity contribution >= 4 is 39.9 Å². The van der Waals surface area contributed by atoms with Crippen molar-refractivity contribution in [2.45, 2.75) is 45.8 Å². The van der Waals surface area contributed by atoms with E-state index in [2.05, 4.69) is 10.3 Å².